The van der Waals surface area contributed by atoms with Gasteiger partial charge in [0.1, 0.15) is 0 Å². The topological polar surface area (TPSA) is 55.1 Å². The highest BCUT2D eigenvalue weighted by Gasteiger charge is 2.11. The van der Waals surface area contributed by atoms with Crippen LogP contribution in [0.15, 0.2) is 18.2 Å². The van der Waals surface area contributed by atoms with E-state index in [0.717, 1.165) is 22.2 Å². The third kappa shape index (κ3) is 2.16. The van der Waals surface area contributed by atoms with Crippen LogP contribution in [0.1, 0.15) is 31.1 Å². The number of hydrogen-bond donors (Lipinski definition) is 1. The highest BCUT2D eigenvalue weighted by molar-refractivity contribution is 5.83. The van der Waals surface area contributed by atoms with Crippen molar-refractivity contribution in [3.05, 3.63) is 29.5 Å². The highest BCUT2D eigenvalue weighted by atomic mass is 16.4. The summed E-state index contributed by atoms with van der Waals surface area (Å²) >= 11 is 0. The van der Waals surface area contributed by atoms with Gasteiger partial charge in [-0.15, -0.1) is 0 Å². The van der Waals surface area contributed by atoms with E-state index < -0.39 is 5.97 Å². The van der Waals surface area contributed by atoms with E-state index in [0.29, 0.717) is 0 Å². The summed E-state index contributed by atoms with van der Waals surface area (Å²) in [5, 5.41) is 14.4. The quantitative estimate of drug-likeness (QED) is 0.884. The molecule has 0 unspecified atom stereocenters. The first kappa shape index (κ1) is 11.6. The van der Waals surface area contributed by atoms with Gasteiger partial charge in [-0.3, -0.25) is 9.48 Å². The van der Waals surface area contributed by atoms with E-state index in [-0.39, 0.29) is 12.5 Å². The standard InChI is InChI=1S/C13H16N2O2/c1-8(2)15-12-6-10(7-13(16)17)4-5-11(12)9(3)14-15/h4-6,8H,7H2,1-3H3,(H,16,17). The Labute approximate surface area is 99.9 Å². The van der Waals surface area contributed by atoms with Crippen molar-refractivity contribution < 1.29 is 9.90 Å². The van der Waals surface area contributed by atoms with Crippen molar-refractivity contribution in [2.45, 2.75) is 33.2 Å². The fourth-order valence-electron chi connectivity index (χ4n) is 2.02. The number of rotatable bonds is 3. The lowest BCUT2D eigenvalue weighted by Gasteiger charge is -2.07. The molecule has 1 aromatic heterocycles. The van der Waals surface area contributed by atoms with Crippen LogP contribution in [0.2, 0.25) is 0 Å². The molecule has 0 fully saturated rings. The Morgan fingerprint density at radius 2 is 2.18 bits per heavy atom. The van der Waals surface area contributed by atoms with Gasteiger partial charge in [0.15, 0.2) is 0 Å². The summed E-state index contributed by atoms with van der Waals surface area (Å²) in [6, 6.07) is 6.00. The number of nitrogens with zero attached hydrogens (tertiary/aromatic N) is 2. The lowest BCUT2D eigenvalue weighted by Crippen LogP contribution is -2.04. The van der Waals surface area contributed by atoms with Gasteiger partial charge in [-0.2, -0.15) is 5.10 Å². The molecule has 4 heteroatoms. The summed E-state index contributed by atoms with van der Waals surface area (Å²) in [5.41, 5.74) is 2.80. The average molecular weight is 232 g/mol. The normalized spacial score (nSPS) is 11.3. The molecule has 0 spiro atoms. The maximum Gasteiger partial charge on any atom is 0.307 e. The molecule has 0 bridgehead atoms. The first-order chi connectivity index (χ1) is 7.99. The van der Waals surface area contributed by atoms with Crippen molar-refractivity contribution in [3.63, 3.8) is 0 Å². The third-order valence-electron chi connectivity index (χ3n) is 2.80. The number of benzene rings is 1. The molecular weight excluding hydrogens is 216 g/mol. The molecule has 1 heterocycles. The van der Waals surface area contributed by atoms with Crippen LogP contribution in [0.5, 0.6) is 0 Å². The minimum absolute atomic E-state index is 0.0538. The van der Waals surface area contributed by atoms with Crippen LogP contribution >= 0.6 is 0 Å². The molecule has 0 radical (unpaired) electrons. The second kappa shape index (κ2) is 4.20. The maximum atomic E-state index is 10.7. The summed E-state index contributed by atoms with van der Waals surface area (Å²) < 4.78 is 1.94. The summed E-state index contributed by atoms with van der Waals surface area (Å²) in [6.45, 7) is 6.10. The lowest BCUT2D eigenvalue weighted by molar-refractivity contribution is -0.136. The van der Waals surface area contributed by atoms with Crippen molar-refractivity contribution in [1.29, 1.82) is 0 Å². The van der Waals surface area contributed by atoms with Gasteiger partial charge < -0.3 is 5.11 Å². The molecule has 1 aromatic carbocycles. The molecule has 2 rings (SSSR count). The molecule has 17 heavy (non-hydrogen) atoms. The Bertz CT molecular complexity index is 570. The zero-order chi connectivity index (χ0) is 12.6. The summed E-state index contributed by atoms with van der Waals surface area (Å²) in [7, 11) is 0. The van der Waals surface area contributed by atoms with Gasteiger partial charge in [-0.1, -0.05) is 12.1 Å². The van der Waals surface area contributed by atoms with E-state index in [1.807, 2.05) is 29.8 Å². The molecule has 0 saturated carbocycles. The van der Waals surface area contributed by atoms with Crippen molar-refractivity contribution in [1.82, 2.24) is 9.78 Å². The van der Waals surface area contributed by atoms with Crippen molar-refractivity contribution in [2.75, 3.05) is 0 Å². The van der Waals surface area contributed by atoms with Gasteiger partial charge in [0.25, 0.3) is 0 Å². The zero-order valence-corrected chi connectivity index (χ0v) is 10.3. The molecule has 0 aliphatic carbocycles. The number of carboxylic acid groups (broad SMARTS) is 1. The minimum Gasteiger partial charge on any atom is -0.481 e. The molecule has 0 aliphatic heterocycles. The summed E-state index contributed by atoms with van der Waals surface area (Å²) in [6.07, 6.45) is 0.0538. The highest BCUT2D eigenvalue weighted by Crippen LogP contribution is 2.22. The van der Waals surface area contributed by atoms with Crippen LogP contribution in [0.25, 0.3) is 10.9 Å². The van der Waals surface area contributed by atoms with Gasteiger partial charge in [0.05, 0.1) is 17.6 Å². The molecule has 0 aliphatic rings. The van der Waals surface area contributed by atoms with E-state index in [9.17, 15) is 4.79 Å². The fourth-order valence-corrected chi connectivity index (χ4v) is 2.02. The predicted molar refractivity (Wildman–Crippen MR) is 66.2 cm³/mol. The molecular formula is C13H16N2O2. The van der Waals surface area contributed by atoms with Gasteiger partial charge in [-0.25, -0.2) is 0 Å². The smallest absolute Gasteiger partial charge is 0.307 e. The molecule has 0 amide bonds. The first-order valence-corrected chi connectivity index (χ1v) is 5.68. The molecule has 0 atom stereocenters. The van der Waals surface area contributed by atoms with Gasteiger partial charge in [0, 0.05) is 11.4 Å². The van der Waals surface area contributed by atoms with E-state index >= 15 is 0 Å². The Hall–Kier alpha value is -1.84. The van der Waals surface area contributed by atoms with E-state index in [1.54, 1.807) is 0 Å². The van der Waals surface area contributed by atoms with Crippen LogP contribution in [-0.2, 0) is 11.2 Å². The van der Waals surface area contributed by atoms with Crippen molar-refractivity contribution in [3.8, 4) is 0 Å². The van der Waals surface area contributed by atoms with E-state index in [2.05, 4.69) is 18.9 Å². The van der Waals surface area contributed by atoms with Crippen LogP contribution in [-0.4, -0.2) is 20.9 Å². The van der Waals surface area contributed by atoms with Crippen LogP contribution in [0.3, 0.4) is 0 Å². The van der Waals surface area contributed by atoms with Crippen LogP contribution < -0.4 is 0 Å². The second-order valence-electron chi connectivity index (χ2n) is 4.55. The first-order valence-electron chi connectivity index (χ1n) is 5.68. The maximum absolute atomic E-state index is 10.7. The number of aryl methyl sites for hydroxylation is 1. The Morgan fingerprint density at radius 3 is 2.76 bits per heavy atom. The van der Waals surface area contributed by atoms with Crippen molar-refractivity contribution >= 4 is 16.9 Å². The molecule has 4 nitrogen and oxygen atoms in total. The summed E-state index contributed by atoms with van der Waals surface area (Å²) in [4.78, 5) is 10.7. The van der Waals surface area contributed by atoms with Crippen LogP contribution in [0, 0.1) is 6.92 Å². The molecule has 90 valence electrons. The van der Waals surface area contributed by atoms with Crippen LogP contribution in [0.4, 0.5) is 0 Å². The van der Waals surface area contributed by atoms with E-state index in [1.165, 1.54) is 0 Å². The number of carbonyl (C=O) groups is 1. The number of aromatic nitrogens is 2. The Morgan fingerprint density at radius 1 is 1.47 bits per heavy atom. The number of aliphatic carboxylic acids is 1. The van der Waals surface area contributed by atoms with Gasteiger partial charge >= 0.3 is 5.97 Å². The van der Waals surface area contributed by atoms with Gasteiger partial charge in [-0.05, 0) is 32.4 Å². The predicted octanol–water partition coefficient (Wildman–Crippen LogP) is 2.55. The largest absolute Gasteiger partial charge is 0.481 e. The number of fused-ring (bicyclic) bond motifs is 1. The van der Waals surface area contributed by atoms with Crippen molar-refractivity contribution in [2.24, 2.45) is 0 Å². The SMILES string of the molecule is Cc1nn(C(C)C)c2cc(CC(=O)O)ccc12. The second-order valence-corrected chi connectivity index (χ2v) is 4.55. The monoisotopic (exact) mass is 232 g/mol. The molecule has 1 N–H and O–H groups in total. The minimum atomic E-state index is -0.809. The third-order valence-corrected chi connectivity index (χ3v) is 2.80. The Balaban J connectivity index is 2.58. The Kier molecular flexibility index (Phi) is 2.88. The number of hydrogen-bond acceptors (Lipinski definition) is 2. The number of carboxylic acids is 1. The average Bonchev–Trinajstić information content (AvgIpc) is 2.55. The summed E-state index contributed by atoms with van der Waals surface area (Å²) in [5.74, 6) is -0.809. The molecule has 2 aromatic rings. The fraction of sp³-hybridized carbons (Fsp3) is 0.385. The van der Waals surface area contributed by atoms with E-state index in [4.69, 9.17) is 5.11 Å². The van der Waals surface area contributed by atoms with Gasteiger partial charge in [0.2, 0.25) is 0 Å². The zero-order valence-electron chi connectivity index (χ0n) is 10.3. The molecule has 0 saturated heterocycles. The lowest BCUT2D eigenvalue weighted by atomic mass is 10.1.